The van der Waals surface area contributed by atoms with Gasteiger partial charge in [-0.1, -0.05) is 30.0 Å². The van der Waals surface area contributed by atoms with Gasteiger partial charge in [-0.25, -0.2) is 4.79 Å². The van der Waals surface area contributed by atoms with Crippen LogP contribution in [0.3, 0.4) is 0 Å². The van der Waals surface area contributed by atoms with Crippen LogP contribution in [-0.4, -0.2) is 59.1 Å². The number of aromatic amines is 1. The summed E-state index contributed by atoms with van der Waals surface area (Å²) in [6.45, 7) is 0. The van der Waals surface area contributed by atoms with Gasteiger partial charge in [-0.05, 0) is 46.3 Å². The second kappa shape index (κ2) is 8.88. The van der Waals surface area contributed by atoms with Crippen molar-refractivity contribution in [3.8, 4) is 11.4 Å². The van der Waals surface area contributed by atoms with Crippen LogP contribution in [0.5, 0.6) is 5.75 Å². The van der Waals surface area contributed by atoms with Crippen LogP contribution in [0, 0.1) is 0 Å². The maximum absolute atomic E-state index is 12.4. The molecule has 0 aliphatic heterocycles. The van der Waals surface area contributed by atoms with E-state index in [9.17, 15) is 19.8 Å². The number of fused-ring (bicyclic) bond motifs is 1. The van der Waals surface area contributed by atoms with Crippen LogP contribution in [0.15, 0.2) is 59.9 Å². The highest BCUT2D eigenvalue weighted by Gasteiger charge is 2.22. The Morgan fingerprint density at radius 1 is 1.16 bits per heavy atom. The largest absolute Gasteiger partial charge is 0.508 e. The number of carboxylic acids is 1. The van der Waals surface area contributed by atoms with Gasteiger partial charge in [0.2, 0.25) is 11.1 Å². The van der Waals surface area contributed by atoms with Crippen molar-refractivity contribution in [1.82, 2.24) is 30.5 Å². The van der Waals surface area contributed by atoms with Crippen LogP contribution in [0.1, 0.15) is 5.56 Å². The molecule has 31 heavy (non-hydrogen) atoms. The number of thioether (sulfide) groups is 1. The van der Waals surface area contributed by atoms with Crippen molar-refractivity contribution in [2.24, 2.45) is 0 Å². The van der Waals surface area contributed by atoms with Crippen molar-refractivity contribution in [2.75, 3.05) is 5.75 Å². The summed E-state index contributed by atoms with van der Waals surface area (Å²) in [5.41, 5.74) is 2.34. The van der Waals surface area contributed by atoms with Crippen molar-refractivity contribution in [1.29, 1.82) is 0 Å². The third-order valence-corrected chi connectivity index (χ3v) is 5.52. The number of rotatable bonds is 8. The lowest BCUT2D eigenvalue weighted by Crippen LogP contribution is -2.43. The molecule has 0 aliphatic carbocycles. The summed E-state index contributed by atoms with van der Waals surface area (Å²) in [7, 11) is 0. The van der Waals surface area contributed by atoms with Gasteiger partial charge in [-0.15, -0.1) is 5.10 Å². The van der Waals surface area contributed by atoms with Gasteiger partial charge in [0.05, 0.1) is 11.4 Å². The monoisotopic (exact) mass is 438 g/mol. The number of nitrogens with zero attached hydrogens (tertiary/aromatic N) is 4. The van der Waals surface area contributed by atoms with Crippen molar-refractivity contribution < 1.29 is 19.8 Å². The van der Waals surface area contributed by atoms with E-state index in [0.717, 1.165) is 28.2 Å². The minimum atomic E-state index is -1.11. The summed E-state index contributed by atoms with van der Waals surface area (Å²) in [4.78, 5) is 27.2. The van der Waals surface area contributed by atoms with E-state index in [0.29, 0.717) is 10.8 Å². The summed E-state index contributed by atoms with van der Waals surface area (Å²) in [5.74, 6) is -1.51. The number of hydrogen-bond acceptors (Lipinski definition) is 7. The molecule has 0 fully saturated rings. The SMILES string of the molecule is O=C(CSc1nnnn1-c1ccc(O)cc1)N[C@@H](Cc1c[nH]c2ccccc12)C(=O)O. The quantitative estimate of drug-likeness (QED) is 0.304. The Balaban J connectivity index is 1.40. The number of phenols is 1. The lowest BCUT2D eigenvalue weighted by molar-refractivity contribution is -0.141. The Morgan fingerprint density at radius 3 is 2.71 bits per heavy atom. The molecule has 0 bridgehead atoms. The van der Waals surface area contributed by atoms with E-state index in [-0.39, 0.29) is 17.9 Å². The molecule has 0 saturated carbocycles. The zero-order valence-corrected chi connectivity index (χ0v) is 16.9. The predicted molar refractivity (Wildman–Crippen MR) is 113 cm³/mol. The van der Waals surface area contributed by atoms with Gasteiger partial charge in [0, 0.05) is 23.5 Å². The molecule has 0 spiro atoms. The Hall–Kier alpha value is -3.86. The number of nitrogens with one attached hydrogen (secondary N) is 2. The molecule has 0 aliphatic rings. The summed E-state index contributed by atoms with van der Waals surface area (Å²) in [5, 5.41) is 34.2. The number of tetrazole rings is 1. The van der Waals surface area contributed by atoms with E-state index < -0.39 is 17.9 Å². The number of benzene rings is 2. The smallest absolute Gasteiger partial charge is 0.326 e. The van der Waals surface area contributed by atoms with E-state index in [2.05, 4.69) is 25.8 Å². The Labute approximate surface area is 180 Å². The van der Waals surface area contributed by atoms with Gasteiger partial charge >= 0.3 is 5.97 Å². The number of H-pyrrole nitrogens is 1. The summed E-state index contributed by atoms with van der Waals surface area (Å²) in [6.07, 6.45) is 1.91. The first kappa shape index (κ1) is 20.4. The number of aliphatic carboxylic acids is 1. The minimum absolute atomic E-state index is 0.0594. The number of carboxylic acid groups (broad SMARTS) is 1. The molecule has 2 heterocycles. The van der Waals surface area contributed by atoms with Crippen molar-refractivity contribution in [2.45, 2.75) is 17.6 Å². The maximum atomic E-state index is 12.4. The number of amides is 1. The number of phenolic OH excluding ortho intramolecular Hbond substituents is 1. The first-order valence-corrected chi connectivity index (χ1v) is 10.3. The highest BCUT2D eigenvalue weighted by Crippen LogP contribution is 2.21. The average Bonchev–Trinajstić information content (AvgIpc) is 3.39. The fourth-order valence-electron chi connectivity index (χ4n) is 3.11. The van der Waals surface area contributed by atoms with E-state index in [4.69, 9.17) is 0 Å². The molecule has 2 aromatic carbocycles. The molecule has 10 nitrogen and oxygen atoms in total. The fraction of sp³-hybridized carbons (Fsp3) is 0.150. The number of carbonyl (C=O) groups is 2. The lowest BCUT2D eigenvalue weighted by atomic mass is 10.1. The average molecular weight is 438 g/mol. The predicted octanol–water partition coefficient (Wildman–Crippen LogP) is 1.75. The molecule has 4 aromatic rings. The summed E-state index contributed by atoms with van der Waals surface area (Å²) >= 11 is 1.08. The molecule has 0 unspecified atom stereocenters. The molecule has 0 radical (unpaired) electrons. The molecular weight excluding hydrogens is 420 g/mol. The minimum Gasteiger partial charge on any atom is -0.508 e. The molecule has 1 atom stereocenters. The van der Waals surface area contributed by atoms with E-state index in [1.165, 1.54) is 16.8 Å². The standard InChI is InChI=1S/C20H18N6O4S/c27-14-7-5-13(6-8-14)26-20(23-24-25-26)31-11-18(28)22-17(19(29)30)9-12-10-21-16-4-2-1-3-15(12)16/h1-8,10,17,21,27H,9,11H2,(H,22,28)(H,29,30)/t17-/m0/s1. The van der Waals surface area contributed by atoms with Crippen LogP contribution in [0.4, 0.5) is 0 Å². The lowest BCUT2D eigenvalue weighted by Gasteiger charge is -2.14. The number of aromatic hydroxyl groups is 1. The van der Waals surface area contributed by atoms with E-state index >= 15 is 0 Å². The van der Waals surface area contributed by atoms with E-state index in [1.807, 2.05) is 24.3 Å². The van der Waals surface area contributed by atoms with Gasteiger partial charge in [0.15, 0.2) is 0 Å². The number of hydrogen-bond donors (Lipinski definition) is 4. The van der Waals surface area contributed by atoms with Crippen LogP contribution >= 0.6 is 11.8 Å². The van der Waals surface area contributed by atoms with Gasteiger partial charge in [0.25, 0.3) is 0 Å². The number of carbonyl (C=O) groups excluding carboxylic acids is 1. The first-order chi connectivity index (χ1) is 15.0. The number of aromatic nitrogens is 5. The number of para-hydroxylation sites is 1. The zero-order valence-electron chi connectivity index (χ0n) is 16.1. The molecule has 0 saturated heterocycles. The van der Waals surface area contributed by atoms with Crippen molar-refractivity contribution in [3.63, 3.8) is 0 Å². The van der Waals surface area contributed by atoms with Gasteiger partial charge in [-0.2, -0.15) is 4.68 Å². The topological polar surface area (TPSA) is 146 Å². The van der Waals surface area contributed by atoms with Gasteiger partial charge in [-0.3, -0.25) is 4.79 Å². The van der Waals surface area contributed by atoms with Crippen LogP contribution in [0.2, 0.25) is 0 Å². The van der Waals surface area contributed by atoms with Gasteiger partial charge < -0.3 is 20.5 Å². The Kier molecular flexibility index (Phi) is 5.85. The summed E-state index contributed by atoms with van der Waals surface area (Å²) < 4.78 is 1.43. The Bertz CT molecular complexity index is 1220. The van der Waals surface area contributed by atoms with Crippen molar-refractivity contribution >= 4 is 34.5 Å². The highest BCUT2D eigenvalue weighted by atomic mass is 32.2. The maximum Gasteiger partial charge on any atom is 0.326 e. The zero-order chi connectivity index (χ0) is 21.8. The highest BCUT2D eigenvalue weighted by molar-refractivity contribution is 7.99. The second-order valence-electron chi connectivity index (χ2n) is 6.70. The van der Waals surface area contributed by atoms with Crippen molar-refractivity contribution in [3.05, 3.63) is 60.3 Å². The van der Waals surface area contributed by atoms with Gasteiger partial charge in [0.1, 0.15) is 11.8 Å². The molecule has 4 N–H and O–H groups in total. The molecule has 4 rings (SSSR count). The molecular formula is C20H18N6O4S. The van der Waals surface area contributed by atoms with Crippen LogP contribution < -0.4 is 5.32 Å². The normalized spacial score (nSPS) is 12.0. The van der Waals surface area contributed by atoms with E-state index in [1.54, 1.807) is 18.3 Å². The third-order valence-electron chi connectivity index (χ3n) is 4.60. The Morgan fingerprint density at radius 2 is 1.94 bits per heavy atom. The molecule has 2 aromatic heterocycles. The van der Waals surface area contributed by atoms with Crippen LogP contribution in [-0.2, 0) is 16.0 Å². The molecule has 11 heteroatoms. The molecule has 1 amide bonds. The second-order valence-corrected chi connectivity index (χ2v) is 7.64. The third kappa shape index (κ3) is 4.67. The summed E-state index contributed by atoms with van der Waals surface area (Å²) in [6, 6.07) is 12.8. The molecule has 158 valence electrons. The van der Waals surface area contributed by atoms with Crippen LogP contribution in [0.25, 0.3) is 16.6 Å². The fourth-order valence-corrected chi connectivity index (χ4v) is 3.81. The first-order valence-electron chi connectivity index (χ1n) is 9.29.